The number of rotatable bonds is 2. The lowest BCUT2D eigenvalue weighted by Gasteiger charge is -2.33. The molecule has 0 spiro atoms. The van der Waals surface area contributed by atoms with Crippen LogP contribution in [0, 0.1) is 0 Å². The molecule has 0 aromatic carbocycles. The minimum atomic E-state index is -3.74. The van der Waals surface area contributed by atoms with Gasteiger partial charge in [-0.15, -0.1) is 0 Å². The second-order valence-electron chi connectivity index (χ2n) is 4.30. The molecule has 1 saturated heterocycles. The van der Waals surface area contributed by atoms with Gasteiger partial charge in [-0.2, -0.15) is 4.31 Å². The van der Waals surface area contributed by atoms with Crippen LogP contribution in [-0.4, -0.2) is 62.0 Å². The van der Waals surface area contributed by atoms with E-state index in [1.165, 1.54) is 28.6 Å². The zero-order chi connectivity index (χ0) is 15.6. The smallest absolute Gasteiger partial charge is 0.409 e. The van der Waals surface area contributed by atoms with Crippen molar-refractivity contribution in [2.45, 2.75) is 4.90 Å². The predicted molar refractivity (Wildman–Crippen MR) is 79.7 cm³/mol. The molecule has 1 aliphatic heterocycles. The number of hydrogen-bond donors (Lipinski definition) is 0. The largest absolute Gasteiger partial charge is 0.453 e. The van der Waals surface area contributed by atoms with Gasteiger partial charge in [-0.25, -0.2) is 18.2 Å². The lowest BCUT2D eigenvalue weighted by Crippen LogP contribution is -2.50. The van der Waals surface area contributed by atoms with E-state index in [4.69, 9.17) is 11.6 Å². The predicted octanol–water partition coefficient (Wildman–Crippen LogP) is 1.57. The van der Waals surface area contributed by atoms with Crippen molar-refractivity contribution in [2.75, 3.05) is 33.3 Å². The molecule has 1 aromatic heterocycles. The average molecular weight is 399 g/mol. The Hall–Kier alpha value is -0.900. The average Bonchev–Trinajstić information content (AvgIpc) is 2.49. The van der Waals surface area contributed by atoms with Gasteiger partial charge in [-0.1, -0.05) is 11.6 Å². The number of nitrogens with zero attached hydrogens (tertiary/aromatic N) is 3. The van der Waals surface area contributed by atoms with Crippen LogP contribution < -0.4 is 0 Å². The number of amides is 1. The third-order valence-electron chi connectivity index (χ3n) is 3.06. The maximum Gasteiger partial charge on any atom is 0.409 e. The molecular weight excluding hydrogens is 386 g/mol. The third kappa shape index (κ3) is 3.47. The Labute approximate surface area is 136 Å². The molecule has 1 aliphatic rings. The number of halogens is 2. The molecule has 7 nitrogen and oxygen atoms in total. The molecule has 21 heavy (non-hydrogen) atoms. The van der Waals surface area contributed by atoms with Gasteiger partial charge in [0.1, 0.15) is 10.0 Å². The van der Waals surface area contributed by atoms with Crippen LogP contribution in [0.3, 0.4) is 0 Å². The zero-order valence-electron chi connectivity index (χ0n) is 11.1. The Morgan fingerprint density at radius 2 is 2.00 bits per heavy atom. The van der Waals surface area contributed by atoms with Crippen molar-refractivity contribution in [3.8, 4) is 0 Å². The van der Waals surface area contributed by atoms with E-state index >= 15 is 0 Å². The quantitative estimate of drug-likeness (QED) is 0.707. The molecule has 0 radical (unpaired) electrons. The lowest BCUT2D eigenvalue weighted by molar-refractivity contribution is 0.108. The van der Waals surface area contributed by atoms with Crippen LogP contribution in [0.1, 0.15) is 0 Å². The first-order valence-electron chi connectivity index (χ1n) is 6.00. The number of ether oxygens (including phenoxy) is 1. The van der Waals surface area contributed by atoms with E-state index in [1.54, 1.807) is 0 Å². The molecule has 116 valence electrons. The topological polar surface area (TPSA) is 79.8 Å². The Morgan fingerprint density at radius 1 is 1.38 bits per heavy atom. The van der Waals surface area contributed by atoms with Crippen molar-refractivity contribution in [3.63, 3.8) is 0 Å². The monoisotopic (exact) mass is 397 g/mol. The molecule has 0 N–H and O–H groups in total. The van der Waals surface area contributed by atoms with E-state index in [0.29, 0.717) is 4.47 Å². The third-order valence-corrected chi connectivity index (χ3v) is 5.82. The van der Waals surface area contributed by atoms with Crippen molar-refractivity contribution in [1.82, 2.24) is 14.2 Å². The molecule has 0 aliphatic carbocycles. The first-order chi connectivity index (χ1) is 9.86. The Kier molecular flexibility index (Phi) is 5.07. The van der Waals surface area contributed by atoms with Crippen LogP contribution in [0.4, 0.5) is 4.79 Å². The van der Waals surface area contributed by atoms with E-state index in [0.717, 1.165) is 0 Å². The molecule has 0 bridgehead atoms. The SMILES string of the molecule is COC(=O)N1CCN(S(=O)(=O)c2cc(Br)cnc2Cl)CC1. The van der Waals surface area contributed by atoms with Gasteiger partial charge in [0.15, 0.2) is 0 Å². The first kappa shape index (κ1) is 16.5. The summed E-state index contributed by atoms with van der Waals surface area (Å²) in [4.78, 5) is 16.6. The molecule has 2 rings (SSSR count). The van der Waals surface area contributed by atoms with Gasteiger partial charge < -0.3 is 9.64 Å². The van der Waals surface area contributed by atoms with Gasteiger partial charge >= 0.3 is 6.09 Å². The summed E-state index contributed by atoms with van der Waals surface area (Å²) in [5.41, 5.74) is 0. The van der Waals surface area contributed by atoms with E-state index < -0.39 is 16.1 Å². The Morgan fingerprint density at radius 3 is 2.57 bits per heavy atom. The molecule has 1 fully saturated rings. The second kappa shape index (κ2) is 6.47. The van der Waals surface area contributed by atoms with Gasteiger partial charge in [0.25, 0.3) is 0 Å². The fourth-order valence-electron chi connectivity index (χ4n) is 1.96. The van der Waals surface area contributed by atoms with Crippen molar-refractivity contribution in [3.05, 3.63) is 21.9 Å². The van der Waals surface area contributed by atoms with Gasteiger partial charge in [0.05, 0.1) is 7.11 Å². The van der Waals surface area contributed by atoms with Crippen LogP contribution in [0.15, 0.2) is 21.6 Å². The number of aromatic nitrogens is 1. The Balaban J connectivity index is 2.19. The van der Waals surface area contributed by atoms with Crippen molar-refractivity contribution in [1.29, 1.82) is 0 Å². The Bertz CT molecular complexity index is 647. The maximum absolute atomic E-state index is 12.6. The van der Waals surface area contributed by atoms with Crippen molar-refractivity contribution in [2.24, 2.45) is 0 Å². The summed E-state index contributed by atoms with van der Waals surface area (Å²) >= 11 is 9.06. The van der Waals surface area contributed by atoms with Crippen molar-refractivity contribution < 1.29 is 17.9 Å². The number of carbonyl (C=O) groups is 1. The molecule has 10 heteroatoms. The molecule has 1 aromatic rings. The summed E-state index contributed by atoms with van der Waals surface area (Å²) in [7, 11) is -2.45. The zero-order valence-corrected chi connectivity index (χ0v) is 14.3. The van der Waals surface area contributed by atoms with Gasteiger partial charge in [0.2, 0.25) is 10.0 Å². The summed E-state index contributed by atoms with van der Waals surface area (Å²) in [6, 6.07) is 1.41. The van der Waals surface area contributed by atoms with Crippen LogP contribution in [0.5, 0.6) is 0 Å². The molecule has 0 atom stereocenters. The summed E-state index contributed by atoms with van der Waals surface area (Å²) < 4.78 is 31.5. The molecule has 0 unspecified atom stereocenters. The summed E-state index contributed by atoms with van der Waals surface area (Å²) in [6.45, 7) is 0.899. The van der Waals surface area contributed by atoms with Gasteiger partial charge in [0, 0.05) is 36.8 Å². The second-order valence-corrected chi connectivity index (χ2v) is 7.48. The number of methoxy groups -OCH3 is 1. The van der Waals surface area contributed by atoms with Gasteiger partial charge in [-0.3, -0.25) is 0 Å². The first-order valence-corrected chi connectivity index (χ1v) is 8.61. The highest BCUT2D eigenvalue weighted by atomic mass is 79.9. The number of sulfonamides is 1. The van der Waals surface area contributed by atoms with Crippen LogP contribution >= 0.6 is 27.5 Å². The van der Waals surface area contributed by atoms with Crippen molar-refractivity contribution >= 4 is 43.6 Å². The van der Waals surface area contributed by atoms with E-state index in [9.17, 15) is 13.2 Å². The maximum atomic E-state index is 12.6. The summed E-state index contributed by atoms with van der Waals surface area (Å²) in [6.07, 6.45) is 0.963. The minimum Gasteiger partial charge on any atom is -0.453 e. The lowest BCUT2D eigenvalue weighted by atomic mass is 10.4. The fourth-order valence-corrected chi connectivity index (χ4v) is 4.31. The molecule has 0 saturated carbocycles. The number of carbonyl (C=O) groups excluding carboxylic acids is 1. The number of pyridine rings is 1. The van der Waals surface area contributed by atoms with Crippen LogP contribution in [0.2, 0.25) is 5.15 Å². The fraction of sp³-hybridized carbons (Fsp3) is 0.455. The molecular formula is C11H13BrClN3O4S. The molecule has 2 heterocycles. The molecule has 1 amide bonds. The van der Waals surface area contributed by atoms with Crippen LogP contribution in [0.25, 0.3) is 0 Å². The number of hydrogen-bond acceptors (Lipinski definition) is 5. The standard InChI is InChI=1S/C11H13BrClN3O4S/c1-20-11(17)15-2-4-16(5-3-15)21(18,19)9-6-8(12)7-14-10(9)13/h6-7H,2-5H2,1H3. The van der Waals surface area contributed by atoms with E-state index in [-0.39, 0.29) is 36.2 Å². The highest BCUT2D eigenvalue weighted by molar-refractivity contribution is 9.10. The minimum absolute atomic E-state index is 0.0509. The highest BCUT2D eigenvalue weighted by Gasteiger charge is 2.32. The van der Waals surface area contributed by atoms with E-state index in [2.05, 4.69) is 25.7 Å². The van der Waals surface area contributed by atoms with Crippen LogP contribution in [-0.2, 0) is 14.8 Å². The number of piperazine rings is 1. The summed E-state index contributed by atoms with van der Waals surface area (Å²) in [5.74, 6) is 0. The van der Waals surface area contributed by atoms with Gasteiger partial charge in [-0.05, 0) is 22.0 Å². The van der Waals surface area contributed by atoms with E-state index in [1.807, 2.05) is 0 Å². The highest BCUT2D eigenvalue weighted by Crippen LogP contribution is 2.26. The normalized spacial score (nSPS) is 16.8. The summed E-state index contributed by atoms with van der Waals surface area (Å²) in [5, 5.41) is -0.0754.